The summed E-state index contributed by atoms with van der Waals surface area (Å²) in [6.07, 6.45) is 8.97. The topological polar surface area (TPSA) is 62.3 Å². The van der Waals surface area contributed by atoms with Crippen molar-refractivity contribution in [3.05, 3.63) is 46.5 Å². The summed E-state index contributed by atoms with van der Waals surface area (Å²) in [7, 11) is 0. The largest absolute Gasteiger partial charge is 0.329 e. The predicted octanol–water partition coefficient (Wildman–Crippen LogP) is 5.85. The number of aryl methyl sites for hydroxylation is 2. The molecule has 0 spiro atoms. The molecule has 1 aromatic heterocycles. The summed E-state index contributed by atoms with van der Waals surface area (Å²) in [4.78, 5) is 31.5. The second kappa shape index (κ2) is 13.2. The number of nitrogens with one attached hydrogen (secondary N) is 1. The molecule has 1 heterocycles. The van der Waals surface area contributed by atoms with Crippen LogP contribution in [0.1, 0.15) is 80.4 Å². The maximum absolute atomic E-state index is 13.1. The van der Waals surface area contributed by atoms with Crippen LogP contribution in [0.25, 0.3) is 0 Å². The Morgan fingerprint density at radius 1 is 1.00 bits per heavy atom. The molecule has 0 bridgehead atoms. The monoisotopic (exact) mass is 429 g/mol. The first-order chi connectivity index (χ1) is 14.5. The number of amides is 2. The van der Waals surface area contributed by atoms with Crippen LogP contribution in [0.3, 0.4) is 0 Å². The molecule has 0 aliphatic heterocycles. The molecule has 1 N–H and O–H groups in total. The molecular formula is C24H35N3O2S. The molecule has 0 unspecified atom stereocenters. The molecule has 5 nitrogen and oxygen atoms in total. The van der Waals surface area contributed by atoms with Crippen molar-refractivity contribution >= 4 is 28.3 Å². The van der Waals surface area contributed by atoms with Crippen molar-refractivity contribution < 1.29 is 9.59 Å². The van der Waals surface area contributed by atoms with E-state index in [0.29, 0.717) is 17.2 Å². The number of carbonyl (C=O) groups is 2. The van der Waals surface area contributed by atoms with Gasteiger partial charge in [0.15, 0.2) is 5.13 Å². The molecule has 2 rings (SSSR count). The number of benzene rings is 1. The van der Waals surface area contributed by atoms with Crippen molar-refractivity contribution in [2.75, 3.05) is 18.4 Å². The van der Waals surface area contributed by atoms with E-state index in [9.17, 15) is 9.59 Å². The zero-order valence-corrected chi connectivity index (χ0v) is 19.4. The summed E-state index contributed by atoms with van der Waals surface area (Å²) in [5, 5.41) is 5.27. The highest BCUT2D eigenvalue weighted by molar-refractivity contribution is 7.13. The minimum atomic E-state index is -0.207. The van der Waals surface area contributed by atoms with E-state index in [1.165, 1.54) is 42.6 Å². The fourth-order valence-corrected chi connectivity index (χ4v) is 4.01. The van der Waals surface area contributed by atoms with E-state index in [2.05, 4.69) is 24.1 Å². The third-order valence-electron chi connectivity index (χ3n) is 5.04. The number of unbranched alkanes of at least 4 members (excludes halogenated alkanes) is 5. The second-order valence-corrected chi connectivity index (χ2v) is 8.64. The van der Waals surface area contributed by atoms with Gasteiger partial charge in [0, 0.05) is 17.5 Å². The first kappa shape index (κ1) is 24.1. The van der Waals surface area contributed by atoms with Gasteiger partial charge in [-0.1, -0.05) is 58.1 Å². The van der Waals surface area contributed by atoms with Crippen LogP contribution >= 0.6 is 11.3 Å². The Morgan fingerprint density at radius 2 is 1.70 bits per heavy atom. The van der Waals surface area contributed by atoms with Crippen LogP contribution in [0.15, 0.2) is 29.6 Å². The van der Waals surface area contributed by atoms with E-state index < -0.39 is 0 Å². The highest BCUT2D eigenvalue weighted by Gasteiger charge is 2.19. The van der Waals surface area contributed by atoms with Crippen LogP contribution in [-0.4, -0.2) is 34.8 Å². The number of aromatic nitrogens is 1. The summed E-state index contributed by atoms with van der Waals surface area (Å²) in [5.41, 5.74) is 2.78. The molecule has 2 amide bonds. The minimum absolute atomic E-state index is 0.0416. The van der Waals surface area contributed by atoms with Gasteiger partial charge in [0.25, 0.3) is 5.91 Å². The van der Waals surface area contributed by atoms with Crippen molar-refractivity contribution in [3.8, 4) is 0 Å². The van der Waals surface area contributed by atoms with E-state index in [-0.39, 0.29) is 18.4 Å². The summed E-state index contributed by atoms with van der Waals surface area (Å²) >= 11 is 1.40. The lowest BCUT2D eigenvalue weighted by Crippen LogP contribution is -2.38. The van der Waals surface area contributed by atoms with Gasteiger partial charge in [-0.05, 0) is 43.9 Å². The van der Waals surface area contributed by atoms with Crippen LogP contribution in [-0.2, 0) is 11.2 Å². The number of rotatable bonds is 13. The van der Waals surface area contributed by atoms with Gasteiger partial charge in [-0.3, -0.25) is 9.59 Å². The molecule has 0 aliphatic rings. The Labute approximate surface area is 184 Å². The molecule has 0 aliphatic carbocycles. The summed E-state index contributed by atoms with van der Waals surface area (Å²) in [5.74, 6) is -0.296. The van der Waals surface area contributed by atoms with Crippen molar-refractivity contribution in [2.45, 2.75) is 72.1 Å². The fourth-order valence-electron chi connectivity index (χ4n) is 3.30. The Balaban J connectivity index is 1.98. The molecule has 0 saturated heterocycles. The molecule has 164 valence electrons. The van der Waals surface area contributed by atoms with Gasteiger partial charge in [-0.2, -0.15) is 0 Å². The number of carbonyl (C=O) groups excluding carboxylic acids is 2. The highest BCUT2D eigenvalue weighted by atomic mass is 32.1. The number of thiazole rings is 1. The molecule has 2 aromatic rings. The Kier molecular flexibility index (Phi) is 10.6. The Bertz CT molecular complexity index is 786. The Morgan fingerprint density at radius 3 is 2.33 bits per heavy atom. The van der Waals surface area contributed by atoms with Gasteiger partial charge in [0.2, 0.25) is 5.91 Å². The molecule has 6 heteroatoms. The average Bonchev–Trinajstić information content (AvgIpc) is 3.15. The summed E-state index contributed by atoms with van der Waals surface area (Å²) in [6, 6.07) is 7.88. The molecule has 0 atom stereocenters. The number of hydrogen-bond acceptors (Lipinski definition) is 4. The Hall–Kier alpha value is -2.21. The van der Waals surface area contributed by atoms with E-state index in [4.69, 9.17) is 0 Å². The molecule has 1 aromatic carbocycles. The van der Waals surface area contributed by atoms with Crippen LogP contribution in [0, 0.1) is 6.92 Å². The molecule has 0 fully saturated rings. The molecule has 30 heavy (non-hydrogen) atoms. The van der Waals surface area contributed by atoms with Crippen molar-refractivity contribution in [1.82, 2.24) is 9.88 Å². The van der Waals surface area contributed by atoms with Gasteiger partial charge >= 0.3 is 0 Å². The zero-order valence-electron chi connectivity index (χ0n) is 18.6. The molecule has 0 radical (unpaired) electrons. The second-order valence-electron chi connectivity index (χ2n) is 7.78. The van der Waals surface area contributed by atoms with E-state index in [1.54, 1.807) is 4.90 Å². The minimum Gasteiger partial charge on any atom is -0.329 e. The maximum Gasteiger partial charge on any atom is 0.254 e. The van der Waals surface area contributed by atoms with E-state index in [1.807, 2.05) is 36.6 Å². The average molecular weight is 430 g/mol. The number of nitrogens with zero attached hydrogens (tertiary/aromatic N) is 2. The normalized spacial score (nSPS) is 10.8. The van der Waals surface area contributed by atoms with E-state index >= 15 is 0 Å². The van der Waals surface area contributed by atoms with Crippen LogP contribution in [0.5, 0.6) is 0 Å². The lowest BCUT2D eigenvalue weighted by Gasteiger charge is -2.22. The van der Waals surface area contributed by atoms with Crippen molar-refractivity contribution in [2.24, 2.45) is 0 Å². The number of anilines is 1. The fraction of sp³-hybridized carbons (Fsp3) is 0.542. The summed E-state index contributed by atoms with van der Waals surface area (Å²) in [6.45, 7) is 6.85. The van der Waals surface area contributed by atoms with Gasteiger partial charge in [-0.25, -0.2) is 4.98 Å². The van der Waals surface area contributed by atoms with Gasteiger partial charge in [0.1, 0.15) is 6.54 Å². The standard InChI is InChI=1S/C24H35N3O2S/c1-4-6-8-9-11-20-12-14-21(15-13-20)23(29)27(16-10-7-5-2)17-22(28)26-24-25-19(3)18-30-24/h12-15,18H,4-11,16-17H2,1-3H3,(H,25,26,28). The predicted molar refractivity (Wildman–Crippen MR) is 125 cm³/mol. The van der Waals surface area contributed by atoms with Crippen molar-refractivity contribution in [1.29, 1.82) is 0 Å². The van der Waals surface area contributed by atoms with Gasteiger partial charge in [0.05, 0.1) is 5.69 Å². The quantitative estimate of drug-likeness (QED) is 0.407. The first-order valence-corrected chi connectivity index (χ1v) is 12.0. The number of hydrogen-bond donors (Lipinski definition) is 1. The van der Waals surface area contributed by atoms with E-state index in [0.717, 1.165) is 31.4 Å². The first-order valence-electron chi connectivity index (χ1n) is 11.1. The molecule has 0 saturated carbocycles. The lowest BCUT2D eigenvalue weighted by molar-refractivity contribution is -0.116. The maximum atomic E-state index is 13.1. The van der Waals surface area contributed by atoms with Crippen molar-refractivity contribution in [3.63, 3.8) is 0 Å². The van der Waals surface area contributed by atoms with Crippen LogP contribution in [0.4, 0.5) is 5.13 Å². The van der Waals surface area contributed by atoms with Crippen LogP contribution in [0.2, 0.25) is 0 Å². The third kappa shape index (κ3) is 8.27. The lowest BCUT2D eigenvalue weighted by atomic mass is 10.0. The smallest absolute Gasteiger partial charge is 0.254 e. The van der Waals surface area contributed by atoms with Crippen LogP contribution < -0.4 is 5.32 Å². The highest BCUT2D eigenvalue weighted by Crippen LogP contribution is 2.15. The van der Waals surface area contributed by atoms with Gasteiger partial charge < -0.3 is 10.2 Å². The SMILES string of the molecule is CCCCCCc1ccc(C(=O)N(CCCCC)CC(=O)Nc2nc(C)cs2)cc1. The molecular weight excluding hydrogens is 394 g/mol. The van der Waals surface area contributed by atoms with Gasteiger partial charge in [-0.15, -0.1) is 11.3 Å². The zero-order chi connectivity index (χ0) is 21.8. The third-order valence-corrected chi connectivity index (χ3v) is 5.91. The summed E-state index contributed by atoms with van der Waals surface area (Å²) < 4.78 is 0.